The smallest absolute Gasteiger partial charge is 0.329 e. The van der Waals surface area contributed by atoms with Crippen molar-refractivity contribution in [3.8, 4) is 0 Å². The van der Waals surface area contributed by atoms with Crippen LogP contribution in [0.5, 0.6) is 0 Å². The predicted octanol–water partition coefficient (Wildman–Crippen LogP) is 2.57. The maximum atomic E-state index is 12.7. The van der Waals surface area contributed by atoms with E-state index < -0.39 is 11.2 Å². The molecule has 2 heterocycles. The summed E-state index contributed by atoms with van der Waals surface area (Å²) >= 11 is 0. The van der Waals surface area contributed by atoms with Crippen molar-refractivity contribution in [1.29, 1.82) is 0 Å². The third-order valence-corrected chi connectivity index (χ3v) is 5.34. The number of H-pyrrole nitrogens is 1. The SMILES string of the molecule is Cn1c(=O)[nH]c(=O)c2cc(C(=O)NCCC(c3ccccc3)c3ccccc3)cnc21. The lowest BCUT2D eigenvalue weighted by atomic mass is 9.88. The van der Waals surface area contributed by atoms with Crippen molar-refractivity contribution >= 4 is 16.9 Å². The van der Waals surface area contributed by atoms with Gasteiger partial charge in [0.1, 0.15) is 5.65 Å². The molecule has 0 bridgehead atoms. The predicted molar refractivity (Wildman–Crippen MR) is 119 cm³/mol. The highest BCUT2D eigenvalue weighted by Crippen LogP contribution is 2.27. The summed E-state index contributed by atoms with van der Waals surface area (Å²) in [5.74, 6) is -0.169. The van der Waals surface area contributed by atoms with Crippen LogP contribution in [0.25, 0.3) is 11.0 Å². The number of rotatable bonds is 6. The first-order chi connectivity index (χ1) is 15.0. The summed E-state index contributed by atoms with van der Waals surface area (Å²) in [4.78, 5) is 42.8. The second-order valence-electron chi connectivity index (χ2n) is 7.33. The van der Waals surface area contributed by atoms with Gasteiger partial charge >= 0.3 is 5.69 Å². The molecule has 0 saturated carbocycles. The van der Waals surface area contributed by atoms with Crippen molar-refractivity contribution in [3.05, 3.63) is 110 Å². The van der Waals surface area contributed by atoms with E-state index in [2.05, 4.69) is 39.6 Å². The summed E-state index contributed by atoms with van der Waals surface area (Å²) in [6, 6.07) is 21.8. The van der Waals surface area contributed by atoms with E-state index >= 15 is 0 Å². The standard InChI is InChI=1S/C24H22N4O3/c1-28-21-20(23(30)27-24(28)31)14-18(15-26-21)22(29)25-13-12-19(16-8-4-2-5-9-16)17-10-6-3-7-11-17/h2-11,14-15,19H,12-13H2,1H3,(H,25,29)(H,27,30,31). The van der Waals surface area contributed by atoms with Gasteiger partial charge in [-0.05, 0) is 23.6 Å². The maximum absolute atomic E-state index is 12.7. The number of hydrogen-bond donors (Lipinski definition) is 2. The van der Waals surface area contributed by atoms with Gasteiger partial charge < -0.3 is 5.32 Å². The second kappa shape index (κ2) is 8.79. The molecule has 31 heavy (non-hydrogen) atoms. The lowest BCUT2D eigenvalue weighted by molar-refractivity contribution is 0.0952. The number of pyridine rings is 1. The number of nitrogens with zero attached hydrogens (tertiary/aromatic N) is 2. The Balaban J connectivity index is 1.51. The Kier molecular flexibility index (Phi) is 5.75. The molecule has 0 aliphatic heterocycles. The zero-order valence-corrected chi connectivity index (χ0v) is 17.0. The summed E-state index contributed by atoms with van der Waals surface area (Å²) < 4.78 is 1.24. The molecule has 0 saturated heterocycles. The first kappa shape index (κ1) is 20.3. The van der Waals surface area contributed by atoms with Crippen molar-refractivity contribution in [2.45, 2.75) is 12.3 Å². The maximum Gasteiger partial charge on any atom is 0.329 e. The number of carbonyl (C=O) groups excluding carboxylic acids is 1. The summed E-state index contributed by atoms with van der Waals surface area (Å²) in [7, 11) is 1.51. The molecule has 4 rings (SSSR count). The molecule has 7 heteroatoms. The van der Waals surface area contributed by atoms with Crippen LogP contribution in [0, 0.1) is 0 Å². The van der Waals surface area contributed by atoms with Gasteiger partial charge in [0, 0.05) is 25.7 Å². The molecule has 0 radical (unpaired) electrons. The Morgan fingerprint density at radius 1 is 1.03 bits per heavy atom. The van der Waals surface area contributed by atoms with Crippen LogP contribution in [0.3, 0.4) is 0 Å². The third kappa shape index (κ3) is 4.30. The monoisotopic (exact) mass is 414 g/mol. The minimum absolute atomic E-state index is 0.148. The van der Waals surface area contributed by atoms with Crippen molar-refractivity contribution < 1.29 is 4.79 Å². The minimum atomic E-state index is -0.562. The van der Waals surface area contributed by atoms with Crippen LogP contribution in [0.1, 0.15) is 33.8 Å². The molecule has 0 aliphatic rings. The van der Waals surface area contributed by atoms with Gasteiger partial charge in [0.05, 0.1) is 10.9 Å². The molecular formula is C24H22N4O3. The third-order valence-electron chi connectivity index (χ3n) is 5.34. The Hall–Kier alpha value is -4.00. The van der Waals surface area contributed by atoms with Crippen LogP contribution in [0.4, 0.5) is 0 Å². The first-order valence-electron chi connectivity index (χ1n) is 10.0. The van der Waals surface area contributed by atoms with E-state index in [1.165, 1.54) is 35.0 Å². The highest BCUT2D eigenvalue weighted by molar-refractivity contribution is 5.96. The second-order valence-corrected chi connectivity index (χ2v) is 7.33. The van der Waals surface area contributed by atoms with Crippen molar-refractivity contribution in [2.24, 2.45) is 7.05 Å². The number of aromatic amines is 1. The quantitative estimate of drug-likeness (QED) is 0.507. The van der Waals surface area contributed by atoms with Crippen LogP contribution in [0.15, 0.2) is 82.5 Å². The summed E-state index contributed by atoms with van der Waals surface area (Å²) in [6.07, 6.45) is 2.10. The summed E-state index contributed by atoms with van der Waals surface area (Å²) in [5, 5.41) is 3.11. The van der Waals surface area contributed by atoms with E-state index in [0.717, 1.165) is 6.42 Å². The van der Waals surface area contributed by atoms with Gasteiger partial charge in [0.25, 0.3) is 11.5 Å². The number of aromatic nitrogens is 3. The van der Waals surface area contributed by atoms with Crippen LogP contribution in [0.2, 0.25) is 0 Å². The number of hydrogen-bond acceptors (Lipinski definition) is 4. The van der Waals surface area contributed by atoms with E-state index in [-0.39, 0.29) is 28.4 Å². The summed E-state index contributed by atoms with van der Waals surface area (Å²) in [6.45, 7) is 0.453. The van der Waals surface area contributed by atoms with Crippen molar-refractivity contribution in [3.63, 3.8) is 0 Å². The van der Waals surface area contributed by atoms with Crippen molar-refractivity contribution in [2.75, 3.05) is 6.54 Å². The highest BCUT2D eigenvalue weighted by atomic mass is 16.2. The Morgan fingerprint density at radius 2 is 1.65 bits per heavy atom. The lowest BCUT2D eigenvalue weighted by Crippen LogP contribution is -2.30. The fraction of sp³-hybridized carbons (Fsp3) is 0.167. The lowest BCUT2D eigenvalue weighted by Gasteiger charge is -2.18. The van der Waals surface area contributed by atoms with E-state index in [0.29, 0.717) is 6.54 Å². The molecule has 2 N–H and O–H groups in total. The molecule has 1 amide bonds. The van der Waals surface area contributed by atoms with Gasteiger partial charge in [-0.1, -0.05) is 60.7 Å². The number of nitrogens with one attached hydrogen (secondary N) is 2. The fourth-order valence-corrected chi connectivity index (χ4v) is 3.69. The average Bonchev–Trinajstić information content (AvgIpc) is 2.81. The fourth-order valence-electron chi connectivity index (χ4n) is 3.69. The molecule has 0 spiro atoms. The van der Waals surface area contributed by atoms with Crippen LogP contribution in [-0.4, -0.2) is 27.0 Å². The molecule has 156 valence electrons. The molecule has 0 fully saturated rings. The largest absolute Gasteiger partial charge is 0.352 e. The molecule has 7 nitrogen and oxygen atoms in total. The molecule has 0 unspecified atom stereocenters. The van der Waals surface area contributed by atoms with E-state index in [1.54, 1.807) is 0 Å². The Bertz CT molecular complexity index is 1290. The normalized spacial score (nSPS) is 11.0. The number of benzene rings is 2. The molecule has 0 atom stereocenters. The van der Waals surface area contributed by atoms with Crippen molar-refractivity contribution in [1.82, 2.24) is 19.9 Å². The van der Waals surface area contributed by atoms with Gasteiger partial charge in [-0.15, -0.1) is 0 Å². The first-order valence-corrected chi connectivity index (χ1v) is 10.0. The molecule has 0 aliphatic carbocycles. The van der Waals surface area contributed by atoms with E-state index in [1.807, 2.05) is 36.4 Å². The van der Waals surface area contributed by atoms with Crippen LogP contribution in [-0.2, 0) is 7.05 Å². The zero-order chi connectivity index (χ0) is 21.8. The van der Waals surface area contributed by atoms with E-state index in [4.69, 9.17) is 0 Å². The topological polar surface area (TPSA) is 96.9 Å². The van der Waals surface area contributed by atoms with Crippen LogP contribution >= 0.6 is 0 Å². The van der Waals surface area contributed by atoms with Gasteiger partial charge in [0.2, 0.25) is 0 Å². The Morgan fingerprint density at radius 3 is 2.26 bits per heavy atom. The molecule has 2 aromatic heterocycles. The summed E-state index contributed by atoms with van der Waals surface area (Å²) in [5.41, 5.74) is 1.76. The Labute approximate surface area is 178 Å². The van der Waals surface area contributed by atoms with Crippen LogP contribution < -0.4 is 16.6 Å². The highest BCUT2D eigenvalue weighted by Gasteiger charge is 2.15. The number of fused-ring (bicyclic) bond motifs is 1. The zero-order valence-electron chi connectivity index (χ0n) is 17.0. The molecule has 2 aromatic carbocycles. The van der Waals surface area contributed by atoms with Gasteiger partial charge in [0.15, 0.2) is 0 Å². The number of amides is 1. The van der Waals surface area contributed by atoms with Gasteiger partial charge in [-0.2, -0.15) is 0 Å². The minimum Gasteiger partial charge on any atom is -0.352 e. The van der Waals surface area contributed by atoms with E-state index in [9.17, 15) is 14.4 Å². The number of aryl methyl sites for hydroxylation is 1. The molecular weight excluding hydrogens is 392 g/mol. The molecule has 4 aromatic rings. The van der Waals surface area contributed by atoms with Gasteiger partial charge in [-0.3, -0.25) is 19.1 Å². The average molecular weight is 414 g/mol. The van der Waals surface area contributed by atoms with Gasteiger partial charge in [-0.25, -0.2) is 9.78 Å². The number of carbonyl (C=O) groups is 1.